The van der Waals surface area contributed by atoms with Crippen LogP contribution in [0.25, 0.3) is 0 Å². The van der Waals surface area contributed by atoms with Gasteiger partial charge in [-0.3, -0.25) is 4.79 Å². The second kappa shape index (κ2) is 4.44. The summed E-state index contributed by atoms with van der Waals surface area (Å²) in [4.78, 5) is 11.7. The van der Waals surface area contributed by atoms with Gasteiger partial charge in [0.05, 0.1) is 5.60 Å². The predicted octanol–water partition coefficient (Wildman–Crippen LogP) is 3.88. The van der Waals surface area contributed by atoms with Crippen LogP contribution in [0, 0.1) is 29.1 Å². The van der Waals surface area contributed by atoms with Gasteiger partial charge < -0.3 is 5.11 Å². The van der Waals surface area contributed by atoms with Gasteiger partial charge in [0, 0.05) is 6.42 Å². The Morgan fingerprint density at radius 2 is 1.86 bits per heavy atom. The van der Waals surface area contributed by atoms with Crippen LogP contribution in [-0.2, 0) is 4.79 Å². The summed E-state index contributed by atoms with van der Waals surface area (Å²) in [5.41, 5.74) is 1.11. The molecule has 0 aliphatic heterocycles. The number of fused-ring (bicyclic) bond motifs is 5. The van der Waals surface area contributed by atoms with E-state index in [-0.39, 0.29) is 5.41 Å². The third kappa shape index (κ3) is 1.84. The smallest absolute Gasteiger partial charge is 0.155 e. The number of carbonyl (C=O) groups is 1. The number of aliphatic hydroxyl groups is 1. The second-order valence-corrected chi connectivity index (χ2v) is 8.57. The van der Waals surface area contributed by atoms with Gasteiger partial charge in [-0.2, -0.15) is 0 Å². The molecular formula is C19H28O2. The number of allylic oxidation sites excluding steroid dienone is 1. The lowest BCUT2D eigenvalue weighted by Gasteiger charge is -2.55. The molecule has 3 fully saturated rings. The van der Waals surface area contributed by atoms with Gasteiger partial charge in [0.15, 0.2) is 5.78 Å². The first kappa shape index (κ1) is 14.0. The molecular weight excluding hydrogens is 260 g/mol. The number of carbonyl (C=O) groups excluding carboxylic acids is 1. The summed E-state index contributed by atoms with van der Waals surface area (Å²) in [6, 6.07) is 0. The Labute approximate surface area is 128 Å². The first-order valence-corrected chi connectivity index (χ1v) is 8.88. The molecule has 0 bridgehead atoms. The zero-order valence-electron chi connectivity index (χ0n) is 13.4. The van der Waals surface area contributed by atoms with Crippen LogP contribution >= 0.6 is 0 Å². The Hall–Kier alpha value is -0.630. The highest BCUT2D eigenvalue weighted by molar-refractivity contribution is 5.91. The van der Waals surface area contributed by atoms with Gasteiger partial charge in [-0.15, -0.1) is 0 Å². The van der Waals surface area contributed by atoms with Gasteiger partial charge in [-0.05, 0) is 87.0 Å². The fraction of sp³-hybridized carbons (Fsp3) is 0.842. The number of ketones is 1. The van der Waals surface area contributed by atoms with Crippen molar-refractivity contribution in [2.45, 2.75) is 70.8 Å². The minimum atomic E-state index is -0.471. The topological polar surface area (TPSA) is 37.3 Å². The summed E-state index contributed by atoms with van der Waals surface area (Å²) in [5.74, 6) is 3.30. The molecule has 6 atom stereocenters. The first-order valence-electron chi connectivity index (χ1n) is 8.88. The van der Waals surface area contributed by atoms with Crippen LogP contribution in [0.15, 0.2) is 11.6 Å². The van der Waals surface area contributed by atoms with Crippen molar-refractivity contribution < 1.29 is 9.90 Å². The van der Waals surface area contributed by atoms with Crippen molar-refractivity contribution in [1.29, 1.82) is 0 Å². The molecule has 0 aromatic heterocycles. The van der Waals surface area contributed by atoms with Crippen molar-refractivity contribution in [2.75, 3.05) is 0 Å². The van der Waals surface area contributed by atoms with Gasteiger partial charge in [-0.1, -0.05) is 12.5 Å². The summed E-state index contributed by atoms with van der Waals surface area (Å²) in [6.45, 7) is 4.41. The summed E-state index contributed by atoms with van der Waals surface area (Å²) in [5, 5.41) is 10.9. The molecule has 4 aliphatic rings. The molecule has 116 valence electrons. The normalized spacial score (nSPS) is 52.7. The Morgan fingerprint density at radius 3 is 2.67 bits per heavy atom. The van der Waals surface area contributed by atoms with Crippen molar-refractivity contribution in [3.05, 3.63) is 11.6 Å². The highest BCUT2D eigenvalue weighted by Crippen LogP contribution is 2.64. The SMILES string of the molecule is C[C@]1(O)CC[C@@H]2[C@H]3CCC4=CC(=O)CC[C@H]4[C@H]3CC[C@@]21C. The van der Waals surface area contributed by atoms with Crippen molar-refractivity contribution in [3.8, 4) is 0 Å². The predicted molar refractivity (Wildman–Crippen MR) is 82.7 cm³/mol. The molecule has 0 unspecified atom stereocenters. The third-order valence-electron chi connectivity index (χ3n) is 7.86. The molecule has 0 amide bonds. The zero-order valence-corrected chi connectivity index (χ0v) is 13.4. The molecule has 1 N–H and O–H groups in total. The Balaban J connectivity index is 1.64. The van der Waals surface area contributed by atoms with Gasteiger partial charge in [-0.25, -0.2) is 0 Å². The maximum atomic E-state index is 11.7. The highest BCUT2D eigenvalue weighted by Gasteiger charge is 2.60. The molecule has 0 aromatic carbocycles. The number of hydrogen-bond acceptors (Lipinski definition) is 2. The van der Waals surface area contributed by atoms with E-state index >= 15 is 0 Å². The summed E-state index contributed by atoms with van der Waals surface area (Å²) in [6.07, 6.45) is 10.8. The van der Waals surface area contributed by atoms with Crippen LogP contribution in [-0.4, -0.2) is 16.5 Å². The number of hydrogen-bond donors (Lipinski definition) is 1. The molecule has 0 radical (unpaired) electrons. The summed E-state index contributed by atoms with van der Waals surface area (Å²) >= 11 is 0. The largest absolute Gasteiger partial charge is 0.390 e. The summed E-state index contributed by atoms with van der Waals surface area (Å²) < 4.78 is 0. The minimum Gasteiger partial charge on any atom is -0.390 e. The van der Waals surface area contributed by atoms with Crippen LogP contribution in [0.3, 0.4) is 0 Å². The highest BCUT2D eigenvalue weighted by atomic mass is 16.3. The van der Waals surface area contributed by atoms with Crippen LogP contribution in [0.4, 0.5) is 0 Å². The molecule has 3 saturated carbocycles. The monoisotopic (exact) mass is 288 g/mol. The van der Waals surface area contributed by atoms with E-state index in [1.807, 2.05) is 6.08 Å². The third-order valence-corrected chi connectivity index (χ3v) is 7.86. The van der Waals surface area contributed by atoms with Crippen LogP contribution in [0.2, 0.25) is 0 Å². The maximum Gasteiger partial charge on any atom is 0.155 e. The van der Waals surface area contributed by atoms with Crippen LogP contribution < -0.4 is 0 Å². The van der Waals surface area contributed by atoms with E-state index in [0.29, 0.717) is 17.6 Å². The fourth-order valence-electron chi connectivity index (χ4n) is 6.42. The van der Waals surface area contributed by atoms with E-state index < -0.39 is 5.60 Å². The Bertz CT molecular complexity index is 504. The van der Waals surface area contributed by atoms with Crippen molar-refractivity contribution in [3.63, 3.8) is 0 Å². The quantitative estimate of drug-likeness (QED) is 0.734. The summed E-state index contributed by atoms with van der Waals surface area (Å²) in [7, 11) is 0. The maximum absolute atomic E-state index is 11.7. The lowest BCUT2D eigenvalue weighted by Crippen LogP contribution is -2.51. The average Bonchev–Trinajstić information content (AvgIpc) is 2.69. The molecule has 0 aromatic rings. The fourth-order valence-corrected chi connectivity index (χ4v) is 6.42. The van der Waals surface area contributed by atoms with E-state index in [4.69, 9.17) is 0 Å². The molecule has 4 aliphatic carbocycles. The van der Waals surface area contributed by atoms with Crippen LogP contribution in [0.1, 0.15) is 65.2 Å². The van der Waals surface area contributed by atoms with Gasteiger partial charge in [0.25, 0.3) is 0 Å². The van der Waals surface area contributed by atoms with E-state index in [2.05, 4.69) is 13.8 Å². The van der Waals surface area contributed by atoms with Crippen molar-refractivity contribution in [2.24, 2.45) is 29.1 Å². The molecule has 21 heavy (non-hydrogen) atoms. The standard InChI is InChI=1S/C19H28O2/c1-18-9-7-15-14-6-4-13(20)11-12(14)3-5-16(15)17(18)8-10-19(18,2)21/h11,14-17,21H,3-10H2,1-2H3/t14-,15-,16+,17-,18+,19+/m1/s1. The Morgan fingerprint density at radius 1 is 1.05 bits per heavy atom. The Kier molecular flexibility index (Phi) is 2.96. The van der Waals surface area contributed by atoms with E-state index in [1.54, 1.807) is 0 Å². The minimum absolute atomic E-state index is 0.125. The molecule has 0 heterocycles. The van der Waals surface area contributed by atoms with Crippen LogP contribution in [0.5, 0.6) is 0 Å². The van der Waals surface area contributed by atoms with E-state index in [0.717, 1.165) is 37.5 Å². The van der Waals surface area contributed by atoms with Crippen molar-refractivity contribution >= 4 is 5.78 Å². The molecule has 2 heteroatoms. The molecule has 4 rings (SSSR count). The molecule has 0 saturated heterocycles. The molecule has 2 nitrogen and oxygen atoms in total. The van der Waals surface area contributed by atoms with E-state index in [9.17, 15) is 9.90 Å². The average molecular weight is 288 g/mol. The zero-order chi connectivity index (χ0) is 14.8. The lowest BCUT2D eigenvalue weighted by molar-refractivity contribution is -0.117. The lowest BCUT2D eigenvalue weighted by atomic mass is 9.51. The van der Waals surface area contributed by atoms with Gasteiger partial charge >= 0.3 is 0 Å². The number of rotatable bonds is 0. The van der Waals surface area contributed by atoms with E-state index in [1.165, 1.54) is 31.3 Å². The second-order valence-electron chi connectivity index (χ2n) is 8.57. The first-order chi connectivity index (χ1) is 9.92. The van der Waals surface area contributed by atoms with Gasteiger partial charge in [0.1, 0.15) is 0 Å². The van der Waals surface area contributed by atoms with Gasteiger partial charge in [0.2, 0.25) is 0 Å². The van der Waals surface area contributed by atoms with Crippen molar-refractivity contribution in [1.82, 2.24) is 0 Å². The molecule has 0 spiro atoms.